The van der Waals surface area contributed by atoms with E-state index in [0.29, 0.717) is 0 Å². The number of nitrogens with zero attached hydrogens (tertiary/aromatic N) is 1. The van der Waals surface area contributed by atoms with Gasteiger partial charge in [-0.15, -0.1) is 0 Å². The summed E-state index contributed by atoms with van der Waals surface area (Å²) in [5.74, 6) is -5.09. The highest BCUT2D eigenvalue weighted by molar-refractivity contribution is 7.99. The molecule has 0 aliphatic heterocycles. The number of benzene rings is 1. The monoisotopic (exact) mass is 396 g/mol. The number of halogens is 2. The third-order valence-corrected chi connectivity index (χ3v) is 3.86. The first-order chi connectivity index (χ1) is 12.9. The number of ether oxygens (including phenoxy) is 2. The molecule has 1 heterocycles. The number of aromatic nitrogens is 1. The Kier molecular flexibility index (Phi) is 7.24. The molecule has 1 aromatic heterocycles. The summed E-state index contributed by atoms with van der Waals surface area (Å²) in [4.78, 5) is 39.4. The molecule has 0 bridgehead atoms. The molecule has 1 amide bonds. The maximum atomic E-state index is 12.5. The Morgan fingerprint density at radius 1 is 1.11 bits per heavy atom. The lowest BCUT2D eigenvalue weighted by Crippen LogP contribution is -2.22. The minimum atomic E-state index is -2.76. The van der Waals surface area contributed by atoms with Gasteiger partial charge in [0.2, 0.25) is 0 Å². The Morgan fingerprint density at radius 3 is 2.52 bits per heavy atom. The van der Waals surface area contributed by atoms with Crippen molar-refractivity contribution in [3.8, 4) is 0 Å². The predicted molar refractivity (Wildman–Crippen MR) is 92.8 cm³/mol. The summed E-state index contributed by atoms with van der Waals surface area (Å²) in [5.41, 5.74) is 0.133. The Labute approximate surface area is 157 Å². The Morgan fingerprint density at radius 2 is 1.81 bits per heavy atom. The van der Waals surface area contributed by atoms with E-state index in [1.165, 1.54) is 37.6 Å². The molecule has 1 aromatic carbocycles. The number of amides is 1. The number of thioether (sulfide) groups is 1. The Hall–Kier alpha value is -3.01. The van der Waals surface area contributed by atoms with Crippen LogP contribution >= 0.6 is 11.8 Å². The van der Waals surface area contributed by atoms with Gasteiger partial charge < -0.3 is 14.8 Å². The van der Waals surface area contributed by atoms with Crippen LogP contribution in [0.1, 0.15) is 20.7 Å². The van der Waals surface area contributed by atoms with Crippen molar-refractivity contribution in [3.63, 3.8) is 0 Å². The van der Waals surface area contributed by atoms with Crippen molar-refractivity contribution in [2.75, 3.05) is 19.0 Å². The van der Waals surface area contributed by atoms with Crippen molar-refractivity contribution in [2.24, 2.45) is 0 Å². The first kappa shape index (κ1) is 20.3. The van der Waals surface area contributed by atoms with Gasteiger partial charge in [0, 0.05) is 6.20 Å². The van der Waals surface area contributed by atoms with Crippen molar-refractivity contribution < 1.29 is 32.6 Å². The summed E-state index contributed by atoms with van der Waals surface area (Å²) in [7, 11) is 1.20. The van der Waals surface area contributed by atoms with Crippen LogP contribution in [-0.2, 0) is 14.3 Å². The largest absolute Gasteiger partial charge is 0.465 e. The van der Waals surface area contributed by atoms with Gasteiger partial charge in [-0.1, -0.05) is 12.1 Å². The second kappa shape index (κ2) is 9.62. The van der Waals surface area contributed by atoms with Gasteiger partial charge >= 0.3 is 11.9 Å². The molecular weight excluding hydrogens is 382 g/mol. The van der Waals surface area contributed by atoms with Crippen LogP contribution in [-0.4, -0.2) is 42.3 Å². The molecule has 10 heteroatoms. The lowest BCUT2D eigenvalue weighted by Gasteiger charge is -2.10. The van der Waals surface area contributed by atoms with Crippen molar-refractivity contribution in [2.45, 2.75) is 10.8 Å². The molecule has 0 spiro atoms. The number of alkyl halides is 2. The minimum absolute atomic E-state index is 0.101. The lowest BCUT2D eigenvalue weighted by molar-refractivity contribution is -0.119. The maximum Gasteiger partial charge on any atom is 0.341 e. The van der Waals surface area contributed by atoms with Gasteiger partial charge in [0.25, 0.3) is 11.7 Å². The van der Waals surface area contributed by atoms with Crippen LogP contribution in [0, 0.1) is 0 Å². The highest BCUT2D eigenvalue weighted by atomic mass is 32.2. The molecule has 2 aromatic rings. The molecule has 0 radical (unpaired) electrons. The van der Waals surface area contributed by atoms with Gasteiger partial charge in [-0.25, -0.2) is 14.6 Å². The summed E-state index contributed by atoms with van der Waals surface area (Å²) >= 11 is 0.101. The van der Waals surface area contributed by atoms with E-state index in [1.807, 2.05) is 0 Å². The molecule has 1 N–H and O–H groups in total. The second-order valence-corrected chi connectivity index (χ2v) is 5.87. The van der Waals surface area contributed by atoms with E-state index in [9.17, 15) is 23.2 Å². The number of carbonyl (C=O) groups excluding carboxylic acids is 3. The molecule has 7 nitrogen and oxygen atoms in total. The van der Waals surface area contributed by atoms with E-state index in [0.717, 1.165) is 0 Å². The molecule has 0 atom stereocenters. The Balaban J connectivity index is 2.01. The molecule has 0 saturated carbocycles. The lowest BCUT2D eigenvalue weighted by atomic mass is 10.2. The number of carbonyl (C=O) groups is 3. The standard InChI is InChI=1S/C17H14F2N2O5S/c1-25-15(23)10-5-2-3-7-12(10)21-13(22)9-26-16(24)11-6-4-8-20-14(11)27-17(18)19/h2-8,17H,9H2,1H3,(H,21,22). The quantitative estimate of drug-likeness (QED) is 0.568. The summed E-state index contributed by atoms with van der Waals surface area (Å²) in [6, 6.07) is 8.77. The zero-order valence-electron chi connectivity index (χ0n) is 14.0. The molecule has 27 heavy (non-hydrogen) atoms. The van der Waals surface area contributed by atoms with Crippen LogP contribution < -0.4 is 5.32 Å². The van der Waals surface area contributed by atoms with Crippen LogP contribution in [0.15, 0.2) is 47.6 Å². The van der Waals surface area contributed by atoms with Gasteiger partial charge in [-0.05, 0) is 36.0 Å². The molecule has 0 fully saturated rings. The molecule has 0 unspecified atom stereocenters. The smallest absolute Gasteiger partial charge is 0.341 e. The number of pyridine rings is 1. The zero-order valence-corrected chi connectivity index (χ0v) is 14.8. The second-order valence-electron chi connectivity index (χ2n) is 4.90. The van der Waals surface area contributed by atoms with Crippen molar-refractivity contribution in [3.05, 3.63) is 53.7 Å². The van der Waals surface area contributed by atoms with Crippen LogP contribution in [0.2, 0.25) is 0 Å². The average molecular weight is 396 g/mol. The number of anilines is 1. The molecule has 0 aliphatic rings. The van der Waals surface area contributed by atoms with Crippen LogP contribution in [0.5, 0.6) is 0 Å². The third kappa shape index (κ3) is 5.74. The SMILES string of the molecule is COC(=O)c1ccccc1NC(=O)COC(=O)c1cccnc1SC(F)F. The highest BCUT2D eigenvalue weighted by Gasteiger charge is 2.19. The van der Waals surface area contributed by atoms with E-state index in [4.69, 9.17) is 4.74 Å². The van der Waals surface area contributed by atoms with E-state index < -0.39 is 30.2 Å². The Bertz CT molecular complexity index is 848. The highest BCUT2D eigenvalue weighted by Crippen LogP contribution is 2.26. The van der Waals surface area contributed by atoms with Crippen molar-refractivity contribution >= 4 is 35.3 Å². The number of methoxy groups -OCH3 is 1. The first-order valence-electron chi connectivity index (χ1n) is 7.46. The molecule has 0 aliphatic carbocycles. The van der Waals surface area contributed by atoms with E-state index in [-0.39, 0.29) is 33.6 Å². The number of hydrogen-bond acceptors (Lipinski definition) is 7. The number of rotatable bonds is 7. The summed E-state index contributed by atoms with van der Waals surface area (Å²) in [5, 5.41) is 2.22. The number of nitrogens with one attached hydrogen (secondary N) is 1. The summed E-state index contributed by atoms with van der Waals surface area (Å²) < 4.78 is 34.5. The predicted octanol–water partition coefficient (Wildman–Crippen LogP) is 2.98. The molecule has 142 valence electrons. The maximum absolute atomic E-state index is 12.5. The van der Waals surface area contributed by atoms with Crippen molar-refractivity contribution in [1.29, 1.82) is 0 Å². The zero-order chi connectivity index (χ0) is 19.8. The molecule has 2 rings (SSSR count). The van der Waals surface area contributed by atoms with Gasteiger partial charge in [0.05, 0.1) is 23.9 Å². The summed E-state index contributed by atoms with van der Waals surface area (Å²) in [6.07, 6.45) is 1.26. The van der Waals surface area contributed by atoms with Gasteiger partial charge in [0.1, 0.15) is 5.03 Å². The van der Waals surface area contributed by atoms with E-state index in [1.54, 1.807) is 12.1 Å². The van der Waals surface area contributed by atoms with Crippen LogP contribution in [0.25, 0.3) is 0 Å². The van der Waals surface area contributed by atoms with E-state index in [2.05, 4.69) is 15.0 Å². The van der Waals surface area contributed by atoms with Gasteiger partial charge in [0.15, 0.2) is 6.61 Å². The number of para-hydroxylation sites is 1. The number of hydrogen-bond donors (Lipinski definition) is 1. The van der Waals surface area contributed by atoms with Gasteiger partial charge in [-0.2, -0.15) is 8.78 Å². The average Bonchev–Trinajstić information content (AvgIpc) is 2.66. The minimum Gasteiger partial charge on any atom is -0.465 e. The van der Waals surface area contributed by atoms with Crippen molar-refractivity contribution in [1.82, 2.24) is 4.98 Å². The topological polar surface area (TPSA) is 94.6 Å². The molecular formula is C17H14F2N2O5S. The fraction of sp³-hybridized carbons (Fsp3) is 0.176. The fourth-order valence-corrected chi connectivity index (χ4v) is 2.57. The first-order valence-corrected chi connectivity index (χ1v) is 8.34. The van der Waals surface area contributed by atoms with Crippen LogP contribution in [0.3, 0.4) is 0 Å². The third-order valence-electron chi connectivity index (χ3n) is 3.13. The number of esters is 2. The normalized spacial score (nSPS) is 10.4. The van der Waals surface area contributed by atoms with E-state index >= 15 is 0 Å². The van der Waals surface area contributed by atoms with Gasteiger partial charge in [-0.3, -0.25) is 4.79 Å². The summed E-state index contributed by atoms with van der Waals surface area (Å²) in [6.45, 7) is -0.679. The van der Waals surface area contributed by atoms with Crippen LogP contribution in [0.4, 0.5) is 14.5 Å². The fourth-order valence-electron chi connectivity index (χ4n) is 2.00. The molecule has 0 saturated heterocycles.